The van der Waals surface area contributed by atoms with Crippen LogP contribution in [0.4, 0.5) is 4.79 Å². The third-order valence-electron chi connectivity index (χ3n) is 6.88. The van der Waals surface area contributed by atoms with Crippen molar-refractivity contribution in [3.8, 4) is 11.6 Å². The molecular weight excluding hydrogens is 462 g/mol. The Hall–Kier alpha value is -2.11. The zero-order valence-corrected chi connectivity index (χ0v) is 20.9. The Morgan fingerprint density at radius 2 is 1.88 bits per heavy atom. The molecule has 0 radical (unpaired) electrons. The zero-order valence-electron chi connectivity index (χ0n) is 20.1. The van der Waals surface area contributed by atoms with Crippen LogP contribution in [0, 0.1) is 0 Å². The van der Waals surface area contributed by atoms with Crippen LogP contribution in [0.25, 0.3) is 0 Å². The van der Waals surface area contributed by atoms with E-state index in [0.717, 1.165) is 37.6 Å². The number of pyridine rings is 1. The van der Waals surface area contributed by atoms with Gasteiger partial charge in [0.1, 0.15) is 0 Å². The van der Waals surface area contributed by atoms with Gasteiger partial charge in [0, 0.05) is 30.1 Å². The van der Waals surface area contributed by atoms with E-state index in [4.69, 9.17) is 23.9 Å². The second-order valence-corrected chi connectivity index (χ2v) is 11.2. The average molecular weight is 498 g/mol. The van der Waals surface area contributed by atoms with E-state index in [0.29, 0.717) is 37.0 Å². The van der Waals surface area contributed by atoms with Gasteiger partial charge in [0.05, 0.1) is 45.3 Å². The summed E-state index contributed by atoms with van der Waals surface area (Å²) in [6, 6.07) is 2.86. The number of nitrogens with one attached hydrogen (secondary N) is 1. The highest BCUT2D eigenvalue weighted by atomic mass is 32.2. The quantitative estimate of drug-likeness (QED) is 0.677. The minimum Gasteiger partial charge on any atom is -0.491 e. The van der Waals surface area contributed by atoms with Gasteiger partial charge in [-0.1, -0.05) is 0 Å². The first-order valence-electron chi connectivity index (χ1n) is 12.0. The molecule has 10 nitrogen and oxygen atoms in total. The van der Waals surface area contributed by atoms with Crippen LogP contribution in [-0.2, 0) is 19.5 Å². The predicted octanol–water partition coefficient (Wildman–Crippen LogP) is 2.43. The minimum absolute atomic E-state index is 0.0496. The molecule has 4 aliphatic rings. The van der Waals surface area contributed by atoms with E-state index in [1.165, 1.54) is 0 Å². The molecule has 1 aromatic rings. The summed E-state index contributed by atoms with van der Waals surface area (Å²) in [4.78, 5) is 19.3. The Morgan fingerprint density at radius 3 is 2.59 bits per heavy atom. The molecule has 1 N–H and O–H groups in total. The number of sulfonamides is 1. The highest BCUT2D eigenvalue weighted by molar-refractivity contribution is 7.88. The monoisotopic (exact) mass is 497 g/mol. The van der Waals surface area contributed by atoms with Gasteiger partial charge in [-0.3, -0.25) is 4.90 Å². The number of rotatable bonds is 3. The highest BCUT2D eigenvalue weighted by Gasteiger charge is 2.44. The molecule has 1 aliphatic carbocycles. The van der Waals surface area contributed by atoms with Gasteiger partial charge in [-0.05, 0) is 51.2 Å². The second kappa shape index (κ2) is 10.7. The fourth-order valence-corrected chi connectivity index (χ4v) is 6.03. The Labute approximate surface area is 201 Å². The molecule has 3 aliphatic heterocycles. The number of methoxy groups -OCH3 is 1. The molecule has 1 aromatic heterocycles. The molecule has 0 aromatic carbocycles. The molecule has 1 saturated heterocycles. The van der Waals surface area contributed by atoms with Crippen LogP contribution in [0.15, 0.2) is 12.1 Å². The van der Waals surface area contributed by atoms with Crippen LogP contribution in [0.3, 0.4) is 0 Å². The summed E-state index contributed by atoms with van der Waals surface area (Å²) in [6.07, 6.45) is 5.31. The van der Waals surface area contributed by atoms with E-state index in [1.54, 1.807) is 12.0 Å². The molecule has 3 atom stereocenters. The van der Waals surface area contributed by atoms with Gasteiger partial charge in [-0.2, -0.15) is 0 Å². The van der Waals surface area contributed by atoms with Crippen LogP contribution in [0.2, 0.25) is 0 Å². The highest BCUT2D eigenvalue weighted by Crippen LogP contribution is 2.36. The summed E-state index contributed by atoms with van der Waals surface area (Å²) in [5.74, 6) is 1.35. The first kappa shape index (κ1) is 25.0. The van der Waals surface area contributed by atoms with Crippen LogP contribution in [0.5, 0.6) is 11.6 Å². The lowest BCUT2D eigenvalue weighted by Crippen LogP contribution is -2.50. The summed E-state index contributed by atoms with van der Waals surface area (Å²) >= 11 is 0. The van der Waals surface area contributed by atoms with Gasteiger partial charge in [-0.25, -0.2) is 22.9 Å². The first-order chi connectivity index (χ1) is 16.2. The summed E-state index contributed by atoms with van der Waals surface area (Å²) in [5.41, 5.74) is 0.984. The molecule has 11 heteroatoms. The fraction of sp³-hybridized carbons (Fsp3) is 0.739. The normalized spacial score (nSPS) is 30.7. The third-order valence-corrected chi connectivity index (χ3v) is 7.61. The molecular formula is C23H35N3O7S. The smallest absolute Gasteiger partial charge is 0.410 e. The molecule has 0 spiro atoms. The van der Waals surface area contributed by atoms with Crippen LogP contribution in [0.1, 0.15) is 57.1 Å². The zero-order chi connectivity index (χ0) is 24.3. The van der Waals surface area contributed by atoms with Crippen LogP contribution >= 0.6 is 0 Å². The van der Waals surface area contributed by atoms with Crippen LogP contribution in [-0.4, -0.2) is 81.8 Å². The average Bonchev–Trinajstić information content (AvgIpc) is 3.10. The minimum atomic E-state index is -3.43. The van der Waals surface area contributed by atoms with Gasteiger partial charge >= 0.3 is 6.09 Å². The van der Waals surface area contributed by atoms with Crippen molar-refractivity contribution in [2.45, 2.75) is 75.6 Å². The van der Waals surface area contributed by atoms with Crippen molar-refractivity contribution in [2.75, 3.05) is 33.2 Å². The van der Waals surface area contributed by atoms with E-state index in [9.17, 15) is 13.2 Å². The van der Waals surface area contributed by atoms with Gasteiger partial charge in [0.2, 0.25) is 10.0 Å². The van der Waals surface area contributed by atoms with Crippen molar-refractivity contribution >= 4 is 16.1 Å². The van der Waals surface area contributed by atoms with Gasteiger partial charge in [-0.15, -0.1) is 0 Å². The fourth-order valence-electron chi connectivity index (χ4n) is 5.22. The summed E-state index contributed by atoms with van der Waals surface area (Å²) in [6.45, 7) is 2.66. The van der Waals surface area contributed by atoms with Crippen molar-refractivity contribution in [1.29, 1.82) is 0 Å². The molecule has 1 amide bonds. The molecule has 4 bridgehead atoms. The molecule has 190 valence electrons. The van der Waals surface area contributed by atoms with Gasteiger partial charge in [0.15, 0.2) is 5.75 Å². The molecule has 1 saturated carbocycles. The van der Waals surface area contributed by atoms with Gasteiger partial charge in [0.25, 0.3) is 5.88 Å². The molecule has 4 heterocycles. The second-order valence-electron chi connectivity index (χ2n) is 9.42. The number of carbonyl (C=O) groups excluding carboxylic acids is 1. The number of nitrogens with zero attached hydrogens (tertiary/aromatic N) is 2. The SMILES string of the molecule is COc1ccc2nc1OCCCOC(=O)N1[C@H](C)C[C@H](NS(C)(=O)=O)[C@@H]1COC1CCC2CC1. The topological polar surface area (TPSA) is 116 Å². The lowest BCUT2D eigenvalue weighted by atomic mass is 9.85. The largest absolute Gasteiger partial charge is 0.491 e. The number of ether oxygens (including phenoxy) is 4. The van der Waals surface area contributed by atoms with Crippen molar-refractivity contribution in [3.63, 3.8) is 0 Å². The lowest BCUT2D eigenvalue weighted by molar-refractivity contribution is -0.0107. The van der Waals surface area contributed by atoms with Crippen molar-refractivity contribution < 1.29 is 32.2 Å². The number of hydrogen-bond acceptors (Lipinski definition) is 8. The number of hydrogen-bond donors (Lipinski definition) is 1. The summed E-state index contributed by atoms with van der Waals surface area (Å²) in [5, 5.41) is 0. The Kier molecular flexibility index (Phi) is 7.83. The van der Waals surface area contributed by atoms with Crippen molar-refractivity contribution in [1.82, 2.24) is 14.6 Å². The van der Waals surface area contributed by atoms with E-state index >= 15 is 0 Å². The van der Waals surface area contributed by atoms with Gasteiger partial charge < -0.3 is 18.9 Å². The van der Waals surface area contributed by atoms with E-state index < -0.39 is 28.2 Å². The van der Waals surface area contributed by atoms with E-state index in [-0.39, 0.29) is 25.4 Å². The maximum absolute atomic E-state index is 13.0. The Morgan fingerprint density at radius 1 is 1.15 bits per heavy atom. The summed E-state index contributed by atoms with van der Waals surface area (Å²) in [7, 11) is -1.85. The van der Waals surface area contributed by atoms with E-state index in [1.807, 2.05) is 19.1 Å². The number of carbonyl (C=O) groups is 1. The van der Waals surface area contributed by atoms with Crippen molar-refractivity contribution in [3.05, 3.63) is 17.8 Å². The first-order valence-corrected chi connectivity index (χ1v) is 13.9. The standard InChI is InChI=1S/C23H35N3O7S/c1-15-13-19(25-34(3,28)29)20-14-33-17-7-5-16(6-8-17)18-9-10-21(30-2)22(24-18)31-11-4-12-32-23(27)26(15)20/h9-10,15-17,19-20,25H,4-8,11-14H2,1-3H3/t15-,16?,17?,19+,20+/m1/s1. The maximum atomic E-state index is 13.0. The molecule has 0 unspecified atom stereocenters. The van der Waals surface area contributed by atoms with E-state index in [2.05, 4.69) is 4.72 Å². The van der Waals surface area contributed by atoms with Crippen LogP contribution < -0.4 is 14.2 Å². The Balaban J connectivity index is 1.53. The van der Waals surface area contributed by atoms with Crippen molar-refractivity contribution in [2.24, 2.45) is 0 Å². The number of aromatic nitrogens is 1. The third kappa shape index (κ3) is 5.92. The molecule has 2 fully saturated rings. The molecule has 34 heavy (non-hydrogen) atoms. The maximum Gasteiger partial charge on any atom is 0.410 e. The number of amides is 1. The summed E-state index contributed by atoms with van der Waals surface area (Å²) < 4.78 is 49.6. The lowest BCUT2D eigenvalue weighted by Gasteiger charge is -2.33. The molecule has 5 rings (SSSR count). The predicted molar refractivity (Wildman–Crippen MR) is 125 cm³/mol. The Bertz CT molecular complexity index is 965. The number of fused-ring (bicyclic) bond motifs is 8.